The third-order valence-corrected chi connectivity index (χ3v) is 2.55. The van der Waals surface area contributed by atoms with E-state index in [2.05, 4.69) is 20.9 Å². The number of aryl methyl sites for hydroxylation is 1. The summed E-state index contributed by atoms with van der Waals surface area (Å²) in [4.78, 5) is 15.4. The first-order valence-corrected chi connectivity index (χ1v) is 4.50. The van der Waals surface area contributed by atoms with Crippen molar-refractivity contribution < 1.29 is 5.11 Å². The molecule has 0 fully saturated rings. The smallest absolute Gasteiger partial charge is 0.269 e. The van der Waals surface area contributed by atoms with Gasteiger partial charge in [0, 0.05) is 0 Å². The van der Waals surface area contributed by atoms with Gasteiger partial charge in [0.2, 0.25) is 5.95 Å². The average molecular weight is 248 g/mol. The van der Waals surface area contributed by atoms with E-state index in [-0.39, 0.29) is 24.7 Å². The van der Waals surface area contributed by atoms with Crippen molar-refractivity contribution in [2.75, 3.05) is 12.3 Å². The van der Waals surface area contributed by atoms with Gasteiger partial charge in [-0.3, -0.25) is 9.36 Å². The molecule has 0 aliphatic carbocycles. The van der Waals surface area contributed by atoms with Crippen LogP contribution in [0.2, 0.25) is 0 Å². The molecule has 1 heterocycles. The molecular weight excluding hydrogens is 238 g/mol. The molecule has 6 heteroatoms. The second kappa shape index (κ2) is 3.89. The predicted molar refractivity (Wildman–Crippen MR) is 52.4 cm³/mol. The molecule has 13 heavy (non-hydrogen) atoms. The quantitative estimate of drug-likeness (QED) is 0.765. The Bertz CT molecular complexity index is 375. The van der Waals surface area contributed by atoms with Crippen LogP contribution in [-0.2, 0) is 6.54 Å². The highest BCUT2D eigenvalue weighted by Crippen LogP contribution is 2.09. The largest absolute Gasteiger partial charge is 0.395 e. The molecule has 0 spiro atoms. The molecule has 0 radical (unpaired) electrons. The molecule has 1 rings (SSSR count). The maximum Gasteiger partial charge on any atom is 0.269 e. The molecule has 0 saturated heterocycles. The molecule has 3 N–H and O–H groups in total. The molecule has 0 aliphatic heterocycles. The van der Waals surface area contributed by atoms with E-state index in [0.29, 0.717) is 10.2 Å². The summed E-state index contributed by atoms with van der Waals surface area (Å²) in [5.41, 5.74) is 5.78. The van der Waals surface area contributed by atoms with Crippen LogP contribution in [0.1, 0.15) is 5.69 Å². The van der Waals surface area contributed by atoms with Gasteiger partial charge in [0.1, 0.15) is 4.47 Å². The van der Waals surface area contributed by atoms with Crippen LogP contribution in [0.25, 0.3) is 0 Å². The average Bonchev–Trinajstić information content (AvgIpc) is 2.09. The van der Waals surface area contributed by atoms with Crippen LogP contribution in [0.15, 0.2) is 9.27 Å². The van der Waals surface area contributed by atoms with Gasteiger partial charge in [-0.2, -0.15) is 0 Å². The number of halogens is 1. The molecular formula is C7H10BrN3O2. The predicted octanol–water partition coefficient (Wildman–Crippen LogP) is -0.111. The Kier molecular flexibility index (Phi) is 3.05. The number of nitrogens with two attached hydrogens (primary N) is 1. The fraction of sp³-hybridized carbons (Fsp3) is 0.429. The molecule has 0 unspecified atom stereocenters. The Morgan fingerprint density at radius 2 is 2.31 bits per heavy atom. The Hall–Kier alpha value is -0.880. The van der Waals surface area contributed by atoms with Crippen molar-refractivity contribution >= 4 is 21.9 Å². The van der Waals surface area contributed by atoms with Crippen molar-refractivity contribution in [2.45, 2.75) is 13.5 Å². The monoisotopic (exact) mass is 247 g/mol. The van der Waals surface area contributed by atoms with Crippen molar-refractivity contribution in [2.24, 2.45) is 0 Å². The van der Waals surface area contributed by atoms with E-state index in [9.17, 15) is 4.79 Å². The summed E-state index contributed by atoms with van der Waals surface area (Å²) in [6, 6.07) is 0. The topological polar surface area (TPSA) is 81.1 Å². The second-order valence-electron chi connectivity index (χ2n) is 2.55. The summed E-state index contributed by atoms with van der Waals surface area (Å²) in [6.07, 6.45) is 0. The van der Waals surface area contributed by atoms with Crippen LogP contribution in [-0.4, -0.2) is 21.3 Å². The standard InChI is InChI=1S/C7H10BrN3O2/c1-4-5(8)6(13)11(2-3-12)7(9)10-4/h12H,2-3H2,1H3,(H2,9,10). The lowest BCUT2D eigenvalue weighted by molar-refractivity contribution is 0.274. The number of anilines is 1. The maximum atomic E-state index is 11.5. The number of aromatic nitrogens is 2. The summed E-state index contributed by atoms with van der Waals surface area (Å²) in [5, 5.41) is 8.67. The van der Waals surface area contributed by atoms with Crippen molar-refractivity contribution in [3.05, 3.63) is 20.5 Å². The first-order valence-electron chi connectivity index (χ1n) is 3.71. The van der Waals surface area contributed by atoms with Gasteiger partial charge in [0.15, 0.2) is 0 Å². The Balaban J connectivity index is 3.35. The fourth-order valence-corrected chi connectivity index (χ4v) is 1.28. The highest BCUT2D eigenvalue weighted by molar-refractivity contribution is 9.10. The minimum absolute atomic E-state index is 0.125. The number of aliphatic hydroxyl groups is 1. The third kappa shape index (κ3) is 1.89. The lowest BCUT2D eigenvalue weighted by Crippen LogP contribution is -2.27. The normalized spacial score (nSPS) is 10.4. The molecule has 72 valence electrons. The summed E-state index contributed by atoms with van der Waals surface area (Å²) in [7, 11) is 0. The number of hydrogen-bond donors (Lipinski definition) is 2. The molecule has 0 aromatic carbocycles. The van der Waals surface area contributed by atoms with Crippen LogP contribution in [0, 0.1) is 6.92 Å². The Morgan fingerprint density at radius 3 is 2.85 bits per heavy atom. The van der Waals surface area contributed by atoms with Gasteiger partial charge in [-0.1, -0.05) is 0 Å². The minimum Gasteiger partial charge on any atom is -0.395 e. The zero-order valence-electron chi connectivity index (χ0n) is 7.12. The van der Waals surface area contributed by atoms with Crippen LogP contribution < -0.4 is 11.3 Å². The zero-order valence-corrected chi connectivity index (χ0v) is 8.71. The van der Waals surface area contributed by atoms with E-state index in [4.69, 9.17) is 10.8 Å². The van der Waals surface area contributed by atoms with E-state index >= 15 is 0 Å². The van der Waals surface area contributed by atoms with Gasteiger partial charge in [-0.25, -0.2) is 4.98 Å². The Morgan fingerprint density at radius 1 is 1.69 bits per heavy atom. The van der Waals surface area contributed by atoms with Gasteiger partial charge in [0.25, 0.3) is 5.56 Å². The molecule has 0 saturated carbocycles. The van der Waals surface area contributed by atoms with Crippen molar-refractivity contribution in [3.63, 3.8) is 0 Å². The van der Waals surface area contributed by atoms with Crippen molar-refractivity contribution in [3.8, 4) is 0 Å². The van der Waals surface area contributed by atoms with E-state index in [1.807, 2.05) is 0 Å². The van der Waals surface area contributed by atoms with E-state index in [1.54, 1.807) is 6.92 Å². The maximum absolute atomic E-state index is 11.5. The molecule has 1 aromatic heterocycles. The minimum atomic E-state index is -0.265. The van der Waals surface area contributed by atoms with Crippen LogP contribution in [0.3, 0.4) is 0 Å². The number of nitrogen functional groups attached to an aromatic ring is 1. The molecule has 5 nitrogen and oxygen atoms in total. The SMILES string of the molecule is Cc1nc(N)n(CCO)c(=O)c1Br. The molecule has 0 atom stereocenters. The fourth-order valence-electron chi connectivity index (χ4n) is 0.975. The highest BCUT2D eigenvalue weighted by Gasteiger charge is 2.08. The van der Waals surface area contributed by atoms with Crippen molar-refractivity contribution in [1.29, 1.82) is 0 Å². The Labute approximate surface area is 83.3 Å². The van der Waals surface area contributed by atoms with Crippen LogP contribution in [0.4, 0.5) is 5.95 Å². The molecule has 0 bridgehead atoms. The highest BCUT2D eigenvalue weighted by atomic mass is 79.9. The van der Waals surface area contributed by atoms with Gasteiger partial charge in [-0.05, 0) is 22.9 Å². The summed E-state index contributed by atoms with van der Waals surface area (Å²) in [6.45, 7) is 1.71. The van der Waals surface area contributed by atoms with Crippen molar-refractivity contribution in [1.82, 2.24) is 9.55 Å². The zero-order chi connectivity index (χ0) is 10.0. The molecule has 1 aromatic rings. The molecule has 0 aliphatic rings. The lowest BCUT2D eigenvalue weighted by atomic mass is 10.4. The van der Waals surface area contributed by atoms with E-state index < -0.39 is 0 Å². The summed E-state index contributed by atoms with van der Waals surface area (Å²) in [5.74, 6) is 0.125. The van der Waals surface area contributed by atoms with Gasteiger partial charge in [-0.15, -0.1) is 0 Å². The van der Waals surface area contributed by atoms with Gasteiger partial charge < -0.3 is 10.8 Å². The number of aliphatic hydroxyl groups excluding tert-OH is 1. The summed E-state index contributed by atoms with van der Waals surface area (Å²) >= 11 is 3.10. The van der Waals surface area contributed by atoms with Gasteiger partial charge in [0.05, 0.1) is 18.8 Å². The van der Waals surface area contributed by atoms with Crippen LogP contribution >= 0.6 is 15.9 Å². The summed E-state index contributed by atoms with van der Waals surface area (Å²) < 4.78 is 1.60. The number of hydrogen-bond acceptors (Lipinski definition) is 4. The first kappa shape index (κ1) is 10.2. The van der Waals surface area contributed by atoms with E-state index in [1.165, 1.54) is 4.57 Å². The van der Waals surface area contributed by atoms with E-state index in [0.717, 1.165) is 0 Å². The van der Waals surface area contributed by atoms with Gasteiger partial charge >= 0.3 is 0 Å². The molecule has 0 amide bonds. The second-order valence-corrected chi connectivity index (χ2v) is 3.34. The number of rotatable bonds is 2. The van der Waals surface area contributed by atoms with Crippen LogP contribution in [0.5, 0.6) is 0 Å². The first-order chi connectivity index (χ1) is 6.07. The number of nitrogens with zero attached hydrogens (tertiary/aromatic N) is 2. The lowest BCUT2D eigenvalue weighted by Gasteiger charge is -2.08. The third-order valence-electron chi connectivity index (χ3n) is 1.63.